The van der Waals surface area contributed by atoms with Crippen molar-refractivity contribution < 1.29 is 18.1 Å². The number of allylic oxidation sites excluding steroid dienone is 6. The molecule has 0 unspecified atom stereocenters. The Morgan fingerprint density at radius 3 is 1.60 bits per heavy atom. The molecule has 0 atom stereocenters. The van der Waals surface area contributed by atoms with Gasteiger partial charge in [0.2, 0.25) is 0 Å². The number of phosphoric acid groups is 1. The minimum absolute atomic E-state index is 0.228. The largest absolute Gasteiger partial charge is 0.587 e. The summed E-state index contributed by atoms with van der Waals surface area (Å²) in [4.78, 5) is 0. The van der Waals surface area contributed by atoms with Crippen molar-refractivity contribution in [3.8, 4) is 0 Å². The van der Waals surface area contributed by atoms with Gasteiger partial charge >= 0.3 is 7.82 Å². The highest BCUT2D eigenvalue weighted by atomic mass is 31.2. The molecule has 0 radical (unpaired) electrons. The van der Waals surface area contributed by atoms with Crippen LogP contribution in [0.2, 0.25) is 0 Å². The third-order valence-corrected chi connectivity index (χ3v) is 3.29. The van der Waals surface area contributed by atoms with Gasteiger partial charge in [0.15, 0.2) is 0 Å². The average Bonchev–Trinajstić information content (AvgIpc) is 2.36. The van der Waals surface area contributed by atoms with Crippen molar-refractivity contribution in [1.82, 2.24) is 0 Å². The summed E-state index contributed by atoms with van der Waals surface area (Å²) in [5, 5.41) is 0. The van der Waals surface area contributed by atoms with Crippen molar-refractivity contribution in [3.05, 3.63) is 74.3 Å². The zero-order valence-electron chi connectivity index (χ0n) is 12.0. The van der Waals surface area contributed by atoms with Crippen LogP contribution in [0.25, 0.3) is 0 Å². The summed E-state index contributed by atoms with van der Waals surface area (Å²) < 4.78 is 28.4. The fourth-order valence-corrected chi connectivity index (χ4v) is 2.51. The molecule has 110 valence electrons. The summed E-state index contributed by atoms with van der Waals surface area (Å²) in [5.74, 6) is 0.456. The second kappa shape index (κ2) is 9.18. The SMILES string of the molecule is C=C/C=C(\C=C)OP(=O)(O/C(C=C)=C/C=C)OC(C)C. The Balaban J connectivity index is 5.33. The molecule has 0 spiro atoms. The quantitative estimate of drug-likeness (QED) is 0.321. The molecule has 5 heteroatoms. The van der Waals surface area contributed by atoms with Gasteiger partial charge in [0.05, 0.1) is 6.10 Å². The Bertz CT molecular complexity index is 436. The molecule has 0 aromatic carbocycles. The summed E-state index contributed by atoms with van der Waals surface area (Å²) in [6, 6.07) is 0. The molecule has 0 amide bonds. The lowest BCUT2D eigenvalue weighted by molar-refractivity contribution is 0.134. The highest BCUT2D eigenvalue weighted by Crippen LogP contribution is 2.54. The molecule has 20 heavy (non-hydrogen) atoms. The van der Waals surface area contributed by atoms with Crippen LogP contribution in [0, 0.1) is 0 Å². The summed E-state index contributed by atoms with van der Waals surface area (Å²) in [7, 11) is -3.85. The van der Waals surface area contributed by atoms with Crippen LogP contribution in [0.3, 0.4) is 0 Å². The van der Waals surface area contributed by atoms with Gasteiger partial charge in [-0.05, 0) is 38.2 Å². The summed E-state index contributed by atoms with van der Waals surface area (Å²) in [6.07, 6.45) is 8.36. The minimum Gasteiger partial charge on any atom is -0.395 e. The average molecular weight is 296 g/mol. The molecular formula is C15H21O4P. The molecule has 0 saturated carbocycles. The van der Waals surface area contributed by atoms with E-state index in [0.717, 1.165) is 0 Å². The summed E-state index contributed by atoms with van der Waals surface area (Å²) >= 11 is 0. The Kier molecular flexibility index (Phi) is 8.37. The van der Waals surface area contributed by atoms with E-state index in [2.05, 4.69) is 26.3 Å². The van der Waals surface area contributed by atoms with Crippen LogP contribution in [-0.2, 0) is 18.1 Å². The fourth-order valence-electron chi connectivity index (χ4n) is 1.08. The maximum Gasteiger partial charge on any atom is 0.587 e. The number of hydrogen-bond donors (Lipinski definition) is 0. The van der Waals surface area contributed by atoms with E-state index in [4.69, 9.17) is 13.6 Å². The van der Waals surface area contributed by atoms with Gasteiger partial charge in [0.25, 0.3) is 0 Å². The zero-order chi connectivity index (χ0) is 15.6. The molecule has 0 rings (SSSR count). The van der Waals surface area contributed by atoms with Gasteiger partial charge in [-0.3, -0.25) is 4.52 Å². The van der Waals surface area contributed by atoms with E-state index < -0.39 is 7.82 Å². The van der Waals surface area contributed by atoms with E-state index in [1.807, 2.05) is 0 Å². The molecule has 0 aromatic heterocycles. The lowest BCUT2D eigenvalue weighted by Crippen LogP contribution is -2.05. The van der Waals surface area contributed by atoms with Gasteiger partial charge in [0, 0.05) is 0 Å². The predicted molar refractivity (Wildman–Crippen MR) is 83.0 cm³/mol. The monoisotopic (exact) mass is 296 g/mol. The van der Waals surface area contributed by atoms with E-state index >= 15 is 0 Å². The summed E-state index contributed by atoms with van der Waals surface area (Å²) in [5.41, 5.74) is 0. The van der Waals surface area contributed by atoms with Gasteiger partial charge in [-0.25, -0.2) is 4.57 Å². The molecule has 4 nitrogen and oxygen atoms in total. The van der Waals surface area contributed by atoms with Gasteiger partial charge < -0.3 is 9.05 Å². The molecule has 0 aliphatic carbocycles. The van der Waals surface area contributed by atoms with Crippen LogP contribution in [0.1, 0.15) is 13.8 Å². The first kappa shape index (κ1) is 18.2. The molecule has 0 fully saturated rings. The normalized spacial score (nSPS) is 15.2. The molecule has 0 aromatic rings. The molecular weight excluding hydrogens is 275 g/mol. The maximum atomic E-state index is 12.6. The molecule has 0 aliphatic heterocycles. The van der Waals surface area contributed by atoms with Crippen molar-refractivity contribution in [1.29, 1.82) is 0 Å². The molecule has 0 aliphatic rings. The van der Waals surface area contributed by atoms with Gasteiger partial charge in [-0.15, -0.1) is 0 Å². The Hall–Kier alpha value is -1.77. The zero-order valence-corrected chi connectivity index (χ0v) is 12.8. The van der Waals surface area contributed by atoms with Crippen molar-refractivity contribution in [3.63, 3.8) is 0 Å². The lowest BCUT2D eigenvalue weighted by atomic mass is 10.4. The van der Waals surface area contributed by atoms with Crippen LogP contribution in [0.5, 0.6) is 0 Å². The number of phosphoric ester groups is 1. The Morgan fingerprint density at radius 2 is 1.35 bits per heavy atom. The van der Waals surface area contributed by atoms with Crippen LogP contribution in [0.15, 0.2) is 74.3 Å². The first-order chi connectivity index (χ1) is 9.40. The third kappa shape index (κ3) is 6.98. The van der Waals surface area contributed by atoms with E-state index in [1.165, 1.54) is 36.5 Å². The highest BCUT2D eigenvalue weighted by Gasteiger charge is 2.32. The van der Waals surface area contributed by atoms with Gasteiger partial charge in [0.1, 0.15) is 11.5 Å². The van der Waals surface area contributed by atoms with Crippen LogP contribution in [-0.4, -0.2) is 6.10 Å². The molecule has 0 bridgehead atoms. The first-order valence-electron chi connectivity index (χ1n) is 5.98. The first-order valence-corrected chi connectivity index (χ1v) is 7.44. The van der Waals surface area contributed by atoms with Crippen molar-refractivity contribution in [2.24, 2.45) is 0 Å². The highest BCUT2D eigenvalue weighted by molar-refractivity contribution is 7.48. The van der Waals surface area contributed by atoms with Gasteiger partial charge in [-0.2, -0.15) is 0 Å². The van der Waals surface area contributed by atoms with E-state index in [-0.39, 0.29) is 17.6 Å². The van der Waals surface area contributed by atoms with Crippen LogP contribution < -0.4 is 0 Å². The van der Waals surface area contributed by atoms with Gasteiger partial charge in [-0.1, -0.05) is 38.5 Å². The lowest BCUT2D eigenvalue weighted by Gasteiger charge is -2.21. The second-order valence-electron chi connectivity index (χ2n) is 3.80. The molecule has 0 saturated heterocycles. The number of rotatable bonds is 10. The minimum atomic E-state index is -3.85. The standard InChI is InChI=1S/C15H21O4P/c1-7-11-14(9-3)18-20(16,17-13(5)6)19-15(10-4)12-8-2/h7-13H,1-4H2,5-6H3/b14-11+,15-12+. The molecule has 0 heterocycles. The third-order valence-electron chi connectivity index (χ3n) is 1.74. The Morgan fingerprint density at radius 1 is 0.950 bits per heavy atom. The molecule has 0 N–H and O–H groups in total. The number of hydrogen-bond acceptors (Lipinski definition) is 4. The van der Waals surface area contributed by atoms with Crippen molar-refractivity contribution in [2.75, 3.05) is 0 Å². The second-order valence-corrected chi connectivity index (χ2v) is 5.27. The van der Waals surface area contributed by atoms with E-state index in [1.54, 1.807) is 13.8 Å². The van der Waals surface area contributed by atoms with E-state index in [0.29, 0.717) is 0 Å². The van der Waals surface area contributed by atoms with Crippen LogP contribution >= 0.6 is 7.82 Å². The summed E-state index contributed by atoms with van der Waals surface area (Å²) in [6.45, 7) is 17.6. The predicted octanol–water partition coefficient (Wildman–Crippen LogP) is 5.06. The Labute approximate surface area is 121 Å². The van der Waals surface area contributed by atoms with Crippen molar-refractivity contribution >= 4 is 7.82 Å². The van der Waals surface area contributed by atoms with E-state index in [9.17, 15) is 4.57 Å². The maximum absolute atomic E-state index is 12.6. The van der Waals surface area contributed by atoms with Crippen LogP contribution in [0.4, 0.5) is 0 Å². The fraction of sp³-hybridized carbons (Fsp3) is 0.200. The topological polar surface area (TPSA) is 44.8 Å². The smallest absolute Gasteiger partial charge is 0.395 e. The van der Waals surface area contributed by atoms with Crippen molar-refractivity contribution in [2.45, 2.75) is 20.0 Å².